The molecular weight excluding hydrogens is 360 g/mol. The van der Waals surface area contributed by atoms with Gasteiger partial charge >= 0.3 is 5.97 Å². The third-order valence-electron chi connectivity index (χ3n) is 4.25. The van der Waals surface area contributed by atoms with E-state index < -0.39 is 5.97 Å². The van der Waals surface area contributed by atoms with E-state index in [0.717, 1.165) is 11.3 Å². The van der Waals surface area contributed by atoms with Crippen molar-refractivity contribution in [3.05, 3.63) is 52.3 Å². The number of benzene rings is 1. The fraction of sp³-hybridized carbons (Fsp3) is 0.429. The van der Waals surface area contributed by atoms with Crippen LogP contribution in [0.3, 0.4) is 0 Å². The molecule has 0 saturated carbocycles. The molecule has 0 atom stereocenters. The molecule has 0 aliphatic carbocycles. The highest BCUT2D eigenvalue weighted by molar-refractivity contribution is 6.00. The normalized spacial score (nSPS) is 10.6. The van der Waals surface area contributed by atoms with Gasteiger partial charge in [-0.3, -0.25) is 4.79 Å². The zero-order chi connectivity index (χ0) is 20.5. The number of methoxy groups -OCH3 is 1. The van der Waals surface area contributed by atoms with Gasteiger partial charge in [0.15, 0.2) is 0 Å². The number of H-pyrrole nitrogens is 1. The summed E-state index contributed by atoms with van der Waals surface area (Å²) < 4.78 is 15.7. The lowest BCUT2D eigenvalue weighted by molar-refractivity contribution is 0.0387. The monoisotopic (exact) mass is 388 g/mol. The van der Waals surface area contributed by atoms with E-state index in [2.05, 4.69) is 10.3 Å². The van der Waals surface area contributed by atoms with Crippen LogP contribution in [0.25, 0.3) is 0 Å². The summed E-state index contributed by atoms with van der Waals surface area (Å²) in [6, 6.07) is 7.83. The summed E-state index contributed by atoms with van der Waals surface area (Å²) in [6.07, 6.45) is 0.671. The van der Waals surface area contributed by atoms with Crippen LogP contribution >= 0.6 is 0 Å². The van der Waals surface area contributed by atoms with Crippen molar-refractivity contribution >= 4 is 11.9 Å². The van der Waals surface area contributed by atoms with E-state index in [9.17, 15) is 9.59 Å². The summed E-state index contributed by atoms with van der Waals surface area (Å²) >= 11 is 0. The number of carbonyl (C=O) groups excluding carboxylic acids is 2. The van der Waals surface area contributed by atoms with E-state index in [1.165, 1.54) is 7.11 Å². The highest BCUT2D eigenvalue weighted by Crippen LogP contribution is 2.19. The van der Waals surface area contributed by atoms with Crippen LogP contribution in [0.5, 0.6) is 5.75 Å². The SMILES string of the molecule is COCCOC(=O)c1c(C)[nH]c(C(=O)NCCCOc2cccc(C)c2)c1C. The molecule has 1 amide bonds. The summed E-state index contributed by atoms with van der Waals surface area (Å²) in [7, 11) is 1.54. The second-order valence-corrected chi connectivity index (χ2v) is 6.53. The van der Waals surface area contributed by atoms with E-state index in [4.69, 9.17) is 14.2 Å². The van der Waals surface area contributed by atoms with Crippen LogP contribution in [0.1, 0.15) is 44.1 Å². The molecule has 2 rings (SSSR count). The van der Waals surface area contributed by atoms with Crippen molar-refractivity contribution in [1.29, 1.82) is 0 Å². The van der Waals surface area contributed by atoms with Gasteiger partial charge in [0, 0.05) is 19.3 Å². The molecule has 0 fully saturated rings. The Morgan fingerprint density at radius 3 is 2.61 bits per heavy atom. The summed E-state index contributed by atoms with van der Waals surface area (Å²) in [4.78, 5) is 27.6. The Hall–Kier alpha value is -2.80. The van der Waals surface area contributed by atoms with Gasteiger partial charge < -0.3 is 24.5 Å². The average Bonchev–Trinajstić information content (AvgIpc) is 2.96. The summed E-state index contributed by atoms with van der Waals surface area (Å²) in [5.41, 5.74) is 3.08. The van der Waals surface area contributed by atoms with Gasteiger partial charge in [-0.2, -0.15) is 0 Å². The number of rotatable bonds is 10. The minimum absolute atomic E-state index is 0.169. The van der Waals surface area contributed by atoms with Crippen molar-refractivity contribution in [1.82, 2.24) is 10.3 Å². The summed E-state index contributed by atoms with van der Waals surface area (Å²) in [6.45, 7) is 6.95. The second-order valence-electron chi connectivity index (χ2n) is 6.53. The standard InChI is InChI=1S/C21H28N2O5/c1-14-7-5-8-17(13-14)27-10-6-9-22-20(24)19-15(2)18(16(3)23-19)21(25)28-12-11-26-4/h5,7-8,13,23H,6,9-12H2,1-4H3,(H,22,24). The smallest absolute Gasteiger partial charge is 0.340 e. The van der Waals surface area contributed by atoms with Crippen LogP contribution in [0.15, 0.2) is 24.3 Å². The molecule has 0 radical (unpaired) electrons. The predicted octanol–water partition coefficient (Wildman–Crippen LogP) is 2.94. The van der Waals surface area contributed by atoms with Gasteiger partial charge in [-0.25, -0.2) is 4.79 Å². The van der Waals surface area contributed by atoms with E-state index in [1.807, 2.05) is 31.2 Å². The number of hydrogen-bond donors (Lipinski definition) is 2. The van der Waals surface area contributed by atoms with E-state index in [0.29, 0.717) is 48.7 Å². The van der Waals surface area contributed by atoms with E-state index >= 15 is 0 Å². The first-order chi connectivity index (χ1) is 13.4. The van der Waals surface area contributed by atoms with Crippen LogP contribution in [-0.2, 0) is 9.47 Å². The molecule has 0 aliphatic heterocycles. The third-order valence-corrected chi connectivity index (χ3v) is 4.25. The van der Waals surface area contributed by atoms with Gasteiger partial charge in [-0.1, -0.05) is 12.1 Å². The highest BCUT2D eigenvalue weighted by Gasteiger charge is 2.22. The maximum atomic E-state index is 12.4. The van der Waals surface area contributed by atoms with Crippen LogP contribution in [-0.4, -0.2) is 50.3 Å². The van der Waals surface area contributed by atoms with Crippen LogP contribution < -0.4 is 10.1 Å². The van der Waals surface area contributed by atoms with Crippen molar-refractivity contribution in [3.8, 4) is 5.75 Å². The molecule has 2 N–H and O–H groups in total. The minimum atomic E-state index is -0.464. The molecule has 28 heavy (non-hydrogen) atoms. The molecular formula is C21H28N2O5. The molecule has 1 aromatic carbocycles. The molecule has 0 spiro atoms. The number of aromatic amines is 1. The highest BCUT2D eigenvalue weighted by atomic mass is 16.6. The Bertz CT molecular complexity index is 813. The third kappa shape index (κ3) is 5.85. The molecule has 0 unspecified atom stereocenters. The molecule has 2 aromatic rings. The van der Waals surface area contributed by atoms with E-state index in [-0.39, 0.29) is 12.5 Å². The fourth-order valence-electron chi connectivity index (χ4n) is 2.83. The largest absolute Gasteiger partial charge is 0.494 e. The number of ether oxygens (including phenoxy) is 3. The molecule has 0 aliphatic rings. The van der Waals surface area contributed by atoms with Gasteiger partial charge in [-0.05, 0) is 50.5 Å². The zero-order valence-corrected chi connectivity index (χ0v) is 16.9. The molecule has 152 valence electrons. The van der Waals surface area contributed by atoms with Crippen LogP contribution in [0, 0.1) is 20.8 Å². The Morgan fingerprint density at radius 1 is 1.11 bits per heavy atom. The van der Waals surface area contributed by atoms with Gasteiger partial charge in [-0.15, -0.1) is 0 Å². The van der Waals surface area contributed by atoms with Gasteiger partial charge in [0.05, 0.1) is 18.8 Å². The molecule has 7 nitrogen and oxygen atoms in total. The first-order valence-corrected chi connectivity index (χ1v) is 9.27. The Morgan fingerprint density at radius 2 is 1.89 bits per heavy atom. The number of carbonyl (C=O) groups is 2. The van der Waals surface area contributed by atoms with Crippen molar-refractivity contribution in [2.24, 2.45) is 0 Å². The number of amides is 1. The molecule has 0 saturated heterocycles. The van der Waals surface area contributed by atoms with Crippen molar-refractivity contribution in [3.63, 3.8) is 0 Å². The van der Waals surface area contributed by atoms with Crippen LogP contribution in [0.4, 0.5) is 0 Å². The molecule has 1 aromatic heterocycles. The Labute approximate surface area is 165 Å². The van der Waals surface area contributed by atoms with Crippen molar-refractivity contribution in [2.45, 2.75) is 27.2 Å². The van der Waals surface area contributed by atoms with Gasteiger partial charge in [0.25, 0.3) is 5.91 Å². The first kappa shape index (κ1) is 21.5. The number of hydrogen-bond acceptors (Lipinski definition) is 5. The number of nitrogens with one attached hydrogen (secondary N) is 2. The number of aromatic nitrogens is 1. The maximum Gasteiger partial charge on any atom is 0.340 e. The number of esters is 1. The van der Waals surface area contributed by atoms with Gasteiger partial charge in [0.1, 0.15) is 18.1 Å². The summed E-state index contributed by atoms with van der Waals surface area (Å²) in [5.74, 6) is 0.0970. The quantitative estimate of drug-likeness (QED) is 0.482. The first-order valence-electron chi connectivity index (χ1n) is 9.27. The molecule has 1 heterocycles. The lowest BCUT2D eigenvalue weighted by Gasteiger charge is -2.08. The molecule has 0 bridgehead atoms. The predicted molar refractivity (Wildman–Crippen MR) is 106 cm³/mol. The average molecular weight is 388 g/mol. The van der Waals surface area contributed by atoms with E-state index in [1.54, 1.807) is 13.8 Å². The minimum Gasteiger partial charge on any atom is -0.494 e. The maximum absolute atomic E-state index is 12.4. The topological polar surface area (TPSA) is 89.7 Å². The Balaban J connectivity index is 1.83. The fourth-order valence-corrected chi connectivity index (χ4v) is 2.83. The van der Waals surface area contributed by atoms with Crippen molar-refractivity contribution < 1.29 is 23.8 Å². The molecule has 7 heteroatoms. The Kier molecular flexibility index (Phi) is 8.07. The number of aryl methyl sites for hydroxylation is 2. The second kappa shape index (κ2) is 10.5. The van der Waals surface area contributed by atoms with Gasteiger partial charge in [0.2, 0.25) is 0 Å². The zero-order valence-electron chi connectivity index (χ0n) is 16.9. The lowest BCUT2D eigenvalue weighted by atomic mass is 10.1. The lowest BCUT2D eigenvalue weighted by Crippen LogP contribution is -2.26. The van der Waals surface area contributed by atoms with Crippen molar-refractivity contribution in [2.75, 3.05) is 33.5 Å². The summed E-state index contributed by atoms with van der Waals surface area (Å²) in [5, 5.41) is 2.85. The van der Waals surface area contributed by atoms with Crippen LogP contribution in [0.2, 0.25) is 0 Å².